The molecule has 1 atom stereocenters. The minimum Gasteiger partial charge on any atom is -0.375 e. The van der Waals surface area contributed by atoms with Crippen LogP contribution in [0.3, 0.4) is 0 Å². The lowest BCUT2D eigenvalue weighted by Crippen LogP contribution is -2.43. The van der Waals surface area contributed by atoms with Crippen molar-refractivity contribution in [3.8, 4) is 0 Å². The Labute approximate surface area is 203 Å². The third kappa shape index (κ3) is 3.81. The Kier molecular flexibility index (Phi) is 5.78. The van der Waals surface area contributed by atoms with Gasteiger partial charge in [0.25, 0.3) is 5.91 Å². The summed E-state index contributed by atoms with van der Waals surface area (Å²) in [6.07, 6.45) is -0.364. The van der Waals surface area contributed by atoms with Gasteiger partial charge in [-0.05, 0) is 41.5 Å². The number of carbonyl (C=O) groups is 2. The smallest absolute Gasteiger partial charge is 0.265 e. The van der Waals surface area contributed by atoms with Crippen molar-refractivity contribution in [3.05, 3.63) is 136 Å². The number of benzene rings is 4. The van der Waals surface area contributed by atoms with Gasteiger partial charge in [-0.15, -0.1) is 0 Å². The molecule has 0 fully saturated rings. The lowest BCUT2D eigenvalue weighted by atomic mass is 9.88. The van der Waals surface area contributed by atoms with Crippen molar-refractivity contribution in [2.24, 2.45) is 0 Å². The van der Waals surface area contributed by atoms with E-state index in [4.69, 9.17) is 11.6 Å². The summed E-state index contributed by atoms with van der Waals surface area (Å²) in [5.74, 6) is -0.853. The zero-order valence-electron chi connectivity index (χ0n) is 18.3. The van der Waals surface area contributed by atoms with Crippen LogP contribution in [0.4, 0.5) is 5.69 Å². The van der Waals surface area contributed by atoms with Crippen LogP contribution in [0.2, 0.25) is 5.02 Å². The Morgan fingerprint density at radius 3 is 1.91 bits per heavy atom. The molecule has 1 heterocycles. The quantitative estimate of drug-likeness (QED) is 0.357. The number of carbonyl (C=O) groups excluding carboxylic acids is 2. The highest BCUT2D eigenvalue weighted by molar-refractivity contribution is 6.30. The number of hydrogen-bond donors (Lipinski definition) is 1. The predicted molar refractivity (Wildman–Crippen MR) is 133 cm³/mol. The molecule has 1 aliphatic rings. The molecular formula is C29H22ClNO3. The van der Waals surface area contributed by atoms with E-state index < -0.39 is 17.6 Å². The molecule has 4 aromatic carbocycles. The number of nitrogens with zero attached hydrogens (tertiary/aromatic N) is 1. The molecule has 0 bridgehead atoms. The number of anilines is 1. The van der Waals surface area contributed by atoms with Crippen LogP contribution in [0.15, 0.2) is 109 Å². The van der Waals surface area contributed by atoms with Crippen molar-refractivity contribution in [1.82, 2.24) is 0 Å². The molecule has 34 heavy (non-hydrogen) atoms. The van der Waals surface area contributed by atoms with Crippen LogP contribution in [-0.4, -0.2) is 16.8 Å². The summed E-state index contributed by atoms with van der Waals surface area (Å²) in [7, 11) is 0. The molecule has 1 N–H and O–H groups in total. The summed E-state index contributed by atoms with van der Waals surface area (Å²) in [6, 6.07) is 32.5. The summed E-state index contributed by atoms with van der Waals surface area (Å²) in [5.41, 5.74) is 1.25. The lowest BCUT2D eigenvalue weighted by Gasteiger charge is -2.31. The van der Waals surface area contributed by atoms with Crippen LogP contribution in [0.1, 0.15) is 39.5 Å². The van der Waals surface area contributed by atoms with Gasteiger partial charge in [-0.2, -0.15) is 0 Å². The summed E-state index contributed by atoms with van der Waals surface area (Å²) in [4.78, 5) is 28.7. The van der Waals surface area contributed by atoms with Crippen LogP contribution in [0.5, 0.6) is 0 Å². The molecule has 0 saturated carbocycles. The maximum Gasteiger partial charge on any atom is 0.265 e. The van der Waals surface area contributed by atoms with Crippen molar-refractivity contribution in [2.75, 3.05) is 4.90 Å². The molecule has 0 unspecified atom stereocenters. The first kappa shape index (κ1) is 22.1. The third-order valence-electron chi connectivity index (χ3n) is 6.25. The lowest BCUT2D eigenvalue weighted by molar-refractivity contribution is -0.136. The number of Topliss-reactive ketones (excluding diaryl/α,β-unsaturated/α-hetero) is 1. The minimum absolute atomic E-state index is 0.333. The SMILES string of the molecule is O=C(C[C@]1(O)C(=O)N(C(c2ccccc2)c2ccccc2)c2ccccc21)c1ccc(Cl)cc1. The molecule has 0 saturated heterocycles. The van der Waals surface area contributed by atoms with E-state index in [0.29, 0.717) is 21.8 Å². The van der Waals surface area contributed by atoms with Crippen molar-refractivity contribution >= 4 is 29.0 Å². The average Bonchev–Trinajstić information content (AvgIpc) is 3.08. The average molecular weight is 468 g/mol. The first-order chi connectivity index (χ1) is 16.5. The molecular weight excluding hydrogens is 446 g/mol. The summed E-state index contributed by atoms with van der Waals surface area (Å²) in [5, 5.41) is 12.3. The molecule has 4 aromatic rings. The van der Waals surface area contributed by atoms with Gasteiger partial charge in [0.2, 0.25) is 0 Å². The van der Waals surface area contributed by atoms with E-state index in [0.717, 1.165) is 11.1 Å². The van der Waals surface area contributed by atoms with Gasteiger partial charge in [0.05, 0.1) is 18.2 Å². The highest BCUT2D eigenvalue weighted by Crippen LogP contribution is 2.48. The van der Waals surface area contributed by atoms with Gasteiger partial charge >= 0.3 is 0 Å². The van der Waals surface area contributed by atoms with Gasteiger partial charge in [0.1, 0.15) is 0 Å². The standard InChI is InChI=1S/C29H22ClNO3/c30-23-17-15-20(16-18-23)26(32)19-29(34)24-13-7-8-14-25(24)31(28(29)33)27(21-9-3-1-4-10-21)22-11-5-2-6-12-22/h1-18,27,34H,19H2/t29-/m1/s1. The first-order valence-electron chi connectivity index (χ1n) is 11.0. The number of fused-ring (bicyclic) bond motifs is 1. The third-order valence-corrected chi connectivity index (χ3v) is 6.51. The number of para-hydroxylation sites is 1. The van der Waals surface area contributed by atoms with Gasteiger partial charge in [-0.1, -0.05) is 90.5 Å². The number of rotatable bonds is 6. The highest BCUT2D eigenvalue weighted by Gasteiger charge is 2.53. The molecule has 0 radical (unpaired) electrons. The maximum atomic E-state index is 14.0. The molecule has 0 aliphatic carbocycles. The van der Waals surface area contributed by atoms with Crippen molar-refractivity contribution < 1.29 is 14.7 Å². The second kappa shape index (κ2) is 8.90. The fourth-order valence-electron chi connectivity index (χ4n) is 4.62. The van der Waals surface area contributed by atoms with Crippen LogP contribution in [-0.2, 0) is 10.4 Å². The van der Waals surface area contributed by atoms with Gasteiger partial charge in [0.15, 0.2) is 11.4 Å². The molecule has 1 aliphatic heterocycles. The monoisotopic (exact) mass is 467 g/mol. The Morgan fingerprint density at radius 1 is 0.794 bits per heavy atom. The van der Waals surface area contributed by atoms with E-state index in [1.54, 1.807) is 41.3 Å². The summed E-state index contributed by atoms with van der Waals surface area (Å²) < 4.78 is 0. The van der Waals surface area contributed by atoms with E-state index in [9.17, 15) is 14.7 Å². The second-order valence-corrected chi connectivity index (χ2v) is 8.82. The van der Waals surface area contributed by atoms with E-state index in [-0.39, 0.29) is 12.2 Å². The van der Waals surface area contributed by atoms with E-state index >= 15 is 0 Å². The van der Waals surface area contributed by atoms with Gasteiger partial charge in [0, 0.05) is 16.1 Å². The maximum absolute atomic E-state index is 14.0. The normalized spacial score (nSPS) is 17.1. The second-order valence-electron chi connectivity index (χ2n) is 8.38. The molecule has 5 rings (SSSR count). The Hall–Kier alpha value is -3.73. The van der Waals surface area contributed by atoms with Crippen molar-refractivity contribution in [1.29, 1.82) is 0 Å². The fourth-order valence-corrected chi connectivity index (χ4v) is 4.74. The van der Waals surface area contributed by atoms with Gasteiger partial charge in [-0.3, -0.25) is 14.5 Å². The van der Waals surface area contributed by atoms with Crippen molar-refractivity contribution in [2.45, 2.75) is 18.1 Å². The topological polar surface area (TPSA) is 57.6 Å². The molecule has 0 aromatic heterocycles. The van der Waals surface area contributed by atoms with Gasteiger partial charge < -0.3 is 5.11 Å². The predicted octanol–water partition coefficient (Wildman–Crippen LogP) is 5.94. The zero-order chi connectivity index (χ0) is 23.7. The zero-order valence-corrected chi connectivity index (χ0v) is 19.0. The first-order valence-corrected chi connectivity index (χ1v) is 11.4. The molecule has 4 nitrogen and oxygen atoms in total. The minimum atomic E-state index is -1.98. The molecule has 168 valence electrons. The molecule has 1 amide bonds. The number of ketones is 1. The fraction of sp³-hybridized carbons (Fsp3) is 0.103. The Balaban J connectivity index is 1.61. The van der Waals surface area contributed by atoms with Gasteiger partial charge in [-0.25, -0.2) is 0 Å². The van der Waals surface area contributed by atoms with Crippen LogP contribution in [0.25, 0.3) is 0 Å². The number of halogens is 1. The number of hydrogen-bond acceptors (Lipinski definition) is 3. The Morgan fingerprint density at radius 2 is 1.32 bits per heavy atom. The van der Waals surface area contributed by atoms with E-state index in [1.165, 1.54) is 0 Å². The Bertz CT molecular complexity index is 1300. The van der Waals surface area contributed by atoms with Crippen LogP contribution >= 0.6 is 11.6 Å². The van der Waals surface area contributed by atoms with Crippen LogP contribution in [0, 0.1) is 0 Å². The van der Waals surface area contributed by atoms with E-state index in [2.05, 4.69) is 0 Å². The molecule has 0 spiro atoms. The largest absolute Gasteiger partial charge is 0.375 e. The van der Waals surface area contributed by atoms with Crippen molar-refractivity contribution in [3.63, 3.8) is 0 Å². The summed E-state index contributed by atoms with van der Waals surface area (Å²) in [6.45, 7) is 0. The highest BCUT2D eigenvalue weighted by atomic mass is 35.5. The molecule has 5 heteroatoms. The van der Waals surface area contributed by atoms with Crippen LogP contribution < -0.4 is 4.90 Å². The number of aliphatic hydroxyl groups is 1. The summed E-state index contributed by atoms with van der Waals surface area (Å²) >= 11 is 5.95. The number of amides is 1. The van der Waals surface area contributed by atoms with E-state index in [1.807, 2.05) is 72.8 Å².